The first-order chi connectivity index (χ1) is 16.0. The molecule has 2 aromatic heterocycles. The van der Waals surface area contributed by atoms with Crippen LogP contribution in [0.2, 0.25) is 0 Å². The van der Waals surface area contributed by atoms with Crippen LogP contribution in [0.15, 0.2) is 65.4 Å². The van der Waals surface area contributed by atoms with Crippen molar-refractivity contribution in [3.63, 3.8) is 0 Å². The van der Waals surface area contributed by atoms with Crippen LogP contribution in [0.4, 0.5) is 5.69 Å². The first-order valence-corrected chi connectivity index (χ1v) is 11.5. The topological polar surface area (TPSA) is 98.7 Å². The number of ether oxygens (including phenoxy) is 1. The Bertz CT molecular complexity index is 1300. The van der Waals surface area contributed by atoms with Crippen LogP contribution in [-0.4, -0.2) is 33.4 Å². The Kier molecular flexibility index (Phi) is 5.28. The number of benzene rings is 2. The number of carbonyl (C=O) groups is 1. The average Bonchev–Trinajstić information content (AvgIpc) is 3.57. The highest BCUT2D eigenvalue weighted by Gasteiger charge is 2.47. The highest BCUT2D eigenvalue weighted by molar-refractivity contribution is 7.08. The summed E-state index contributed by atoms with van der Waals surface area (Å²) in [6, 6.07) is 16.6. The lowest BCUT2D eigenvalue weighted by atomic mass is 9.94. The van der Waals surface area contributed by atoms with Crippen LogP contribution in [0.25, 0.3) is 11.1 Å². The Balaban J connectivity index is 1.68. The van der Waals surface area contributed by atoms with Gasteiger partial charge in [0.05, 0.1) is 13.2 Å². The Hall–Kier alpha value is -3.46. The minimum Gasteiger partial charge on any atom is -0.496 e. The number of anilines is 1. The van der Waals surface area contributed by atoms with Gasteiger partial charge in [-0.15, -0.1) is 0 Å². The van der Waals surface area contributed by atoms with Gasteiger partial charge in [-0.25, -0.2) is 0 Å². The molecule has 8 heteroatoms. The number of thiophene rings is 1. The summed E-state index contributed by atoms with van der Waals surface area (Å²) in [6.45, 7) is 1.65. The molecule has 3 heterocycles. The lowest BCUT2D eigenvalue weighted by molar-refractivity contribution is -0.174. The summed E-state index contributed by atoms with van der Waals surface area (Å²) in [7, 11) is 1.57. The van der Waals surface area contributed by atoms with E-state index >= 15 is 0 Å². The van der Waals surface area contributed by atoms with Gasteiger partial charge in [-0.05, 0) is 46.2 Å². The van der Waals surface area contributed by atoms with Crippen LogP contribution in [0.5, 0.6) is 5.75 Å². The van der Waals surface area contributed by atoms with E-state index in [4.69, 9.17) is 4.74 Å². The number of fused-ring (bicyclic) bond motifs is 1. The van der Waals surface area contributed by atoms with E-state index in [1.165, 1.54) is 0 Å². The first kappa shape index (κ1) is 21.4. The lowest BCUT2D eigenvalue weighted by Crippen LogP contribution is -2.32. The van der Waals surface area contributed by atoms with E-state index in [-0.39, 0.29) is 23.7 Å². The minimum absolute atomic E-state index is 0.0203. The normalized spacial score (nSPS) is 15.7. The van der Waals surface area contributed by atoms with Crippen molar-refractivity contribution >= 4 is 22.9 Å². The van der Waals surface area contributed by atoms with E-state index in [0.717, 1.165) is 16.7 Å². The van der Waals surface area contributed by atoms with Gasteiger partial charge in [0.2, 0.25) is 5.79 Å². The van der Waals surface area contributed by atoms with Crippen LogP contribution in [0.3, 0.4) is 0 Å². The van der Waals surface area contributed by atoms with Crippen molar-refractivity contribution in [1.82, 2.24) is 10.2 Å². The number of methoxy groups -OCH3 is 1. The summed E-state index contributed by atoms with van der Waals surface area (Å²) in [5, 5.41) is 32.2. The largest absolute Gasteiger partial charge is 0.496 e. The average molecular weight is 462 g/mol. The molecule has 0 radical (unpaired) electrons. The van der Waals surface area contributed by atoms with Gasteiger partial charge in [0, 0.05) is 23.2 Å². The van der Waals surface area contributed by atoms with Gasteiger partial charge in [-0.1, -0.05) is 37.3 Å². The number of aromatic nitrogens is 2. The van der Waals surface area contributed by atoms with Gasteiger partial charge in [0.15, 0.2) is 0 Å². The second-order valence-corrected chi connectivity index (χ2v) is 8.69. The monoisotopic (exact) mass is 461 g/mol. The molecule has 5 rings (SSSR count). The zero-order chi connectivity index (χ0) is 23.2. The molecule has 2 aromatic carbocycles. The molecule has 0 bridgehead atoms. The summed E-state index contributed by atoms with van der Waals surface area (Å²) >= 11 is 1.63. The number of para-hydroxylation sites is 1. The first-order valence-electron chi connectivity index (χ1n) is 10.6. The number of aromatic amines is 1. The Morgan fingerprint density at radius 1 is 1.12 bits per heavy atom. The van der Waals surface area contributed by atoms with Crippen LogP contribution in [-0.2, 0) is 5.79 Å². The molecule has 3 N–H and O–H groups in total. The highest BCUT2D eigenvalue weighted by Crippen LogP contribution is 2.47. The van der Waals surface area contributed by atoms with E-state index in [1.54, 1.807) is 30.3 Å². The molecule has 0 fully saturated rings. The van der Waals surface area contributed by atoms with E-state index < -0.39 is 11.8 Å². The fourth-order valence-corrected chi connectivity index (χ4v) is 4.98. The fourth-order valence-electron chi connectivity index (χ4n) is 4.32. The van der Waals surface area contributed by atoms with Gasteiger partial charge >= 0.3 is 0 Å². The molecule has 0 saturated heterocycles. The van der Waals surface area contributed by atoms with E-state index in [2.05, 4.69) is 15.6 Å². The smallest absolute Gasteiger partial charge is 0.277 e. The number of carbonyl (C=O) groups excluding carboxylic acids is 1. The molecule has 0 saturated carbocycles. The third-order valence-electron chi connectivity index (χ3n) is 6.07. The second-order valence-electron chi connectivity index (χ2n) is 7.91. The van der Waals surface area contributed by atoms with Gasteiger partial charge < -0.3 is 14.9 Å². The summed E-state index contributed by atoms with van der Waals surface area (Å²) < 4.78 is 5.60. The predicted molar refractivity (Wildman–Crippen MR) is 126 cm³/mol. The Morgan fingerprint density at radius 2 is 1.88 bits per heavy atom. The number of hydrogen-bond acceptors (Lipinski definition) is 6. The molecule has 168 valence electrons. The maximum absolute atomic E-state index is 13.6. The third kappa shape index (κ3) is 3.43. The number of hydrogen-bond donors (Lipinski definition) is 3. The maximum Gasteiger partial charge on any atom is 0.277 e. The van der Waals surface area contributed by atoms with Crippen molar-refractivity contribution in [2.45, 2.75) is 25.2 Å². The zero-order valence-electron chi connectivity index (χ0n) is 18.1. The molecule has 4 aromatic rings. The van der Waals surface area contributed by atoms with Gasteiger partial charge in [-0.2, -0.15) is 16.4 Å². The van der Waals surface area contributed by atoms with Crippen molar-refractivity contribution in [3.8, 4) is 16.9 Å². The molecule has 7 nitrogen and oxygen atoms in total. The highest BCUT2D eigenvalue weighted by atomic mass is 32.1. The summed E-state index contributed by atoms with van der Waals surface area (Å²) in [5.74, 6) is -1.88. The second kappa shape index (κ2) is 8.15. The van der Waals surface area contributed by atoms with E-state index in [9.17, 15) is 15.0 Å². The molecule has 1 aliphatic heterocycles. The molecule has 0 aliphatic carbocycles. The van der Waals surface area contributed by atoms with Gasteiger partial charge in [0.1, 0.15) is 17.1 Å². The summed E-state index contributed by atoms with van der Waals surface area (Å²) in [5.41, 5.74) is 4.30. The van der Waals surface area contributed by atoms with Gasteiger partial charge in [-0.3, -0.25) is 14.8 Å². The van der Waals surface area contributed by atoms with Crippen LogP contribution in [0, 0.1) is 0 Å². The Morgan fingerprint density at radius 3 is 2.55 bits per heavy atom. The summed E-state index contributed by atoms with van der Waals surface area (Å²) in [4.78, 5) is 15.2. The molecule has 1 atom stereocenters. The van der Waals surface area contributed by atoms with Crippen LogP contribution in [0.1, 0.15) is 46.7 Å². The standard InChI is InChI=1S/C25H23N3O4S/c1-3-25(30,31)23-20-21(26-27-23)24(29)28(22(20)18-6-4-5-7-19(18)32-2)17-10-8-15(9-11-17)16-12-13-33-14-16/h4-14,22,30-31H,3H2,1-2H3,(H,26,27). The molecule has 1 amide bonds. The van der Waals surface area contributed by atoms with Gasteiger partial charge in [0.25, 0.3) is 5.91 Å². The SMILES string of the molecule is CCC(O)(O)c1n[nH]c2c1C(c1ccccc1OC)N(c1ccc(-c3ccsc3)cc1)C2=O. The van der Waals surface area contributed by atoms with Crippen molar-refractivity contribution in [1.29, 1.82) is 0 Å². The number of nitrogens with one attached hydrogen (secondary N) is 1. The maximum atomic E-state index is 13.6. The quantitative estimate of drug-likeness (QED) is 0.369. The summed E-state index contributed by atoms with van der Waals surface area (Å²) in [6.07, 6.45) is 0.0203. The fraction of sp³-hybridized carbons (Fsp3) is 0.200. The molecule has 33 heavy (non-hydrogen) atoms. The third-order valence-corrected chi connectivity index (χ3v) is 6.76. The zero-order valence-corrected chi connectivity index (χ0v) is 19.0. The van der Waals surface area contributed by atoms with Crippen molar-refractivity contribution in [3.05, 3.63) is 87.9 Å². The minimum atomic E-state index is -2.18. The van der Waals surface area contributed by atoms with Crippen molar-refractivity contribution < 1.29 is 19.7 Å². The molecule has 1 unspecified atom stereocenters. The van der Waals surface area contributed by atoms with Crippen molar-refractivity contribution in [2.24, 2.45) is 0 Å². The molecule has 1 aliphatic rings. The van der Waals surface area contributed by atoms with Crippen LogP contribution < -0.4 is 9.64 Å². The number of rotatable bonds is 6. The molecular weight excluding hydrogens is 438 g/mol. The van der Waals surface area contributed by atoms with Crippen LogP contribution >= 0.6 is 11.3 Å². The number of amides is 1. The van der Waals surface area contributed by atoms with E-state index in [0.29, 0.717) is 17.0 Å². The molecular formula is C25H23N3O4S. The Labute approximate surface area is 194 Å². The lowest BCUT2D eigenvalue weighted by Gasteiger charge is -2.29. The number of aliphatic hydroxyl groups is 2. The molecule has 0 spiro atoms. The van der Waals surface area contributed by atoms with E-state index in [1.807, 2.05) is 60.0 Å². The number of H-pyrrole nitrogens is 1. The predicted octanol–water partition coefficient (Wildman–Crippen LogP) is 4.44. The number of nitrogens with zero attached hydrogens (tertiary/aromatic N) is 2. The van der Waals surface area contributed by atoms with Crippen molar-refractivity contribution in [2.75, 3.05) is 12.0 Å².